The maximum Gasteiger partial charge on any atom is 0.165 e. The lowest BCUT2D eigenvalue weighted by atomic mass is 9.96. The van der Waals surface area contributed by atoms with Crippen LogP contribution in [0.3, 0.4) is 0 Å². The summed E-state index contributed by atoms with van der Waals surface area (Å²) in [7, 11) is 1.46. The third kappa shape index (κ3) is 2.40. The molecule has 0 aliphatic heterocycles. The van der Waals surface area contributed by atoms with Gasteiger partial charge in [0.25, 0.3) is 0 Å². The highest BCUT2D eigenvalue weighted by Crippen LogP contribution is 2.39. The van der Waals surface area contributed by atoms with Crippen molar-refractivity contribution in [1.82, 2.24) is 0 Å². The van der Waals surface area contributed by atoms with E-state index in [-0.39, 0.29) is 16.9 Å². The minimum absolute atomic E-state index is 0.178. The van der Waals surface area contributed by atoms with E-state index in [1.165, 1.54) is 24.3 Å². The molecule has 3 rings (SSSR count). The number of halogens is 2. The quantitative estimate of drug-likeness (QED) is 0.755. The number of fused-ring (bicyclic) bond motifs is 1. The Kier molecular flexibility index (Phi) is 3.66. The van der Waals surface area contributed by atoms with Crippen LogP contribution in [0.25, 0.3) is 0 Å². The SMILES string of the molecule is COc1ccc(C(Cl)C2Cc3ccccc3C2)cc1F. The highest BCUT2D eigenvalue weighted by Gasteiger charge is 2.28. The van der Waals surface area contributed by atoms with E-state index in [0.717, 1.165) is 18.4 Å². The van der Waals surface area contributed by atoms with Crippen LogP contribution in [0.15, 0.2) is 42.5 Å². The van der Waals surface area contributed by atoms with E-state index in [1.54, 1.807) is 6.07 Å². The Morgan fingerprint density at radius 2 is 1.80 bits per heavy atom. The molecule has 2 aromatic carbocycles. The molecule has 1 atom stereocenters. The summed E-state index contributed by atoms with van der Waals surface area (Å²) in [4.78, 5) is 0. The number of benzene rings is 2. The first-order valence-electron chi connectivity index (χ1n) is 6.73. The van der Waals surface area contributed by atoms with Crippen molar-refractivity contribution >= 4 is 11.6 Å². The van der Waals surface area contributed by atoms with Crippen LogP contribution in [-0.2, 0) is 12.8 Å². The largest absolute Gasteiger partial charge is 0.494 e. The Morgan fingerprint density at radius 3 is 2.35 bits per heavy atom. The van der Waals surface area contributed by atoms with Gasteiger partial charge in [0.1, 0.15) is 0 Å². The lowest BCUT2D eigenvalue weighted by molar-refractivity contribution is 0.385. The summed E-state index contributed by atoms with van der Waals surface area (Å²) in [6.07, 6.45) is 1.91. The van der Waals surface area contributed by atoms with Crippen LogP contribution in [0.2, 0.25) is 0 Å². The molecule has 0 N–H and O–H groups in total. The molecular formula is C17H16ClFO. The van der Waals surface area contributed by atoms with Gasteiger partial charge in [0.05, 0.1) is 12.5 Å². The standard InChI is InChI=1S/C17H16ClFO/c1-20-16-7-6-13(10-15(16)19)17(18)14-8-11-4-2-3-5-12(11)9-14/h2-7,10,14,17H,8-9H2,1H3. The Hall–Kier alpha value is -1.54. The van der Waals surface area contributed by atoms with Gasteiger partial charge in [-0.2, -0.15) is 0 Å². The second-order valence-electron chi connectivity index (χ2n) is 5.23. The third-order valence-electron chi connectivity index (χ3n) is 3.99. The van der Waals surface area contributed by atoms with Crippen LogP contribution in [0, 0.1) is 11.7 Å². The van der Waals surface area contributed by atoms with E-state index in [9.17, 15) is 4.39 Å². The van der Waals surface area contributed by atoms with E-state index in [2.05, 4.69) is 24.3 Å². The van der Waals surface area contributed by atoms with Crippen molar-refractivity contribution in [3.05, 3.63) is 65.0 Å². The first-order chi connectivity index (χ1) is 9.69. The molecule has 20 heavy (non-hydrogen) atoms. The lowest BCUT2D eigenvalue weighted by Crippen LogP contribution is -2.08. The molecule has 0 heterocycles. The van der Waals surface area contributed by atoms with Crippen molar-refractivity contribution in [3.63, 3.8) is 0 Å². The lowest BCUT2D eigenvalue weighted by Gasteiger charge is -2.17. The maximum absolute atomic E-state index is 13.8. The maximum atomic E-state index is 13.8. The highest BCUT2D eigenvalue weighted by atomic mass is 35.5. The minimum atomic E-state index is -0.355. The predicted molar refractivity (Wildman–Crippen MR) is 78.9 cm³/mol. The second-order valence-corrected chi connectivity index (χ2v) is 5.70. The summed E-state index contributed by atoms with van der Waals surface area (Å²) >= 11 is 6.56. The van der Waals surface area contributed by atoms with E-state index >= 15 is 0 Å². The molecular weight excluding hydrogens is 275 g/mol. The molecule has 0 amide bonds. The van der Waals surface area contributed by atoms with Crippen molar-refractivity contribution in [1.29, 1.82) is 0 Å². The highest BCUT2D eigenvalue weighted by molar-refractivity contribution is 6.21. The van der Waals surface area contributed by atoms with Gasteiger partial charge in [-0.1, -0.05) is 30.3 Å². The summed E-state index contributed by atoms with van der Waals surface area (Å²) in [5.41, 5.74) is 3.54. The Labute approximate surface area is 123 Å². The zero-order valence-corrected chi connectivity index (χ0v) is 12.0. The summed E-state index contributed by atoms with van der Waals surface area (Å²) in [5, 5.41) is -0.178. The molecule has 0 aromatic heterocycles. The zero-order chi connectivity index (χ0) is 14.1. The average Bonchev–Trinajstić information content (AvgIpc) is 2.90. The van der Waals surface area contributed by atoms with Gasteiger partial charge in [0.2, 0.25) is 0 Å². The zero-order valence-electron chi connectivity index (χ0n) is 11.3. The molecule has 1 nitrogen and oxygen atoms in total. The van der Waals surface area contributed by atoms with Gasteiger partial charge in [-0.05, 0) is 47.6 Å². The topological polar surface area (TPSA) is 9.23 Å². The molecule has 0 saturated heterocycles. The van der Waals surface area contributed by atoms with Crippen molar-refractivity contribution in [2.75, 3.05) is 7.11 Å². The van der Waals surface area contributed by atoms with Crippen molar-refractivity contribution in [3.8, 4) is 5.75 Å². The molecule has 0 radical (unpaired) electrons. The number of ether oxygens (including phenoxy) is 1. The van der Waals surface area contributed by atoms with E-state index in [4.69, 9.17) is 16.3 Å². The first kappa shape index (κ1) is 13.4. The second kappa shape index (κ2) is 5.45. The smallest absolute Gasteiger partial charge is 0.165 e. The minimum Gasteiger partial charge on any atom is -0.494 e. The summed E-state index contributed by atoms with van der Waals surface area (Å²) < 4.78 is 18.7. The number of methoxy groups -OCH3 is 1. The van der Waals surface area contributed by atoms with Gasteiger partial charge in [0, 0.05) is 0 Å². The van der Waals surface area contributed by atoms with Crippen LogP contribution >= 0.6 is 11.6 Å². The Morgan fingerprint density at radius 1 is 1.15 bits per heavy atom. The number of hydrogen-bond acceptors (Lipinski definition) is 1. The molecule has 0 spiro atoms. The third-order valence-corrected chi connectivity index (χ3v) is 4.60. The molecule has 1 aliphatic rings. The van der Waals surface area contributed by atoms with Gasteiger partial charge < -0.3 is 4.74 Å². The van der Waals surface area contributed by atoms with Crippen LogP contribution in [0.5, 0.6) is 5.75 Å². The monoisotopic (exact) mass is 290 g/mol. The molecule has 0 bridgehead atoms. The van der Waals surface area contributed by atoms with Gasteiger partial charge in [-0.15, -0.1) is 11.6 Å². The first-order valence-corrected chi connectivity index (χ1v) is 7.17. The van der Waals surface area contributed by atoms with Crippen molar-refractivity contribution in [2.24, 2.45) is 5.92 Å². The molecule has 104 valence electrons. The van der Waals surface area contributed by atoms with Gasteiger partial charge in [0.15, 0.2) is 11.6 Å². The van der Waals surface area contributed by atoms with Crippen LogP contribution in [-0.4, -0.2) is 7.11 Å². The molecule has 0 fully saturated rings. The fraction of sp³-hybridized carbons (Fsp3) is 0.294. The van der Waals surface area contributed by atoms with E-state index in [1.807, 2.05) is 6.07 Å². The van der Waals surface area contributed by atoms with Gasteiger partial charge >= 0.3 is 0 Å². The fourth-order valence-corrected chi connectivity index (χ4v) is 3.24. The summed E-state index contributed by atoms with van der Waals surface area (Å²) in [6, 6.07) is 13.4. The number of rotatable bonds is 3. The van der Waals surface area contributed by atoms with Gasteiger partial charge in [-0.3, -0.25) is 0 Å². The van der Waals surface area contributed by atoms with E-state index < -0.39 is 0 Å². The molecule has 0 saturated carbocycles. The predicted octanol–water partition coefficient (Wildman–Crippen LogP) is 4.53. The fourth-order valence-electron chi connectivity index (χ4n) is 2.93. The normalized spacial score (nSPS) is 15.9. The molecule has 2 aromatic rings. The summed E-state index contributed by atoms with van der Waals surface area (Å²) in [5.74, 6) is 0.223. The molecule has 3 heteroatoms. The Balaban J connectivity index is 1.81. The Bertz CT molecular complexity index is 601. The van der Waals surface area contributed by atoms with Crippen LogP contribution in [0.1, 0.15) is 22.1 Å². The van der Waals surface area contributed by atoms with Crippen molar-refractivity contribution in [2.45, 2.75) is 18.2 Å². The van der Waals surface area contributed by atoms with Crippen LogP contribution in [0.4, 0.5) is 4.39 Å². The number of alkyl halides is 1. The van der Waals surface area contributed by atoms with Gasteiger partial charge in [-0.25, -0.2) is 4.39 Å². The molecule has 1 unspecified atom stereocenters. The number of hydrogen-bond donors (Lipinski definition) is 0. The summed E-state index contributed by atoms with van der Waals surface area (Å²) in [6.45, 7) is 0. The van der Waals surface area contributed by atoms with Crippen LogP contribution < -0.4 is 4.74 Å². The average molecular weight is 291 g/mol. The van der Waals surface area contributed by atoms with Crippen molar-refractivity contribution < 1.29 is 9.13 Å². The molecule has 1 aliphatic carbocycles. The van der Waals surface area contributed by atoms with E-state index in [0.29, 0.717) is 5.92 Å².